The molecule has 0 saturated carbocycles. The van der Waals surface area contributed by atoms with Crippen LogP contribution in [-0.2, 0) is 16.1 Å². The van der Waals surface area contributed by atoms with Gasteiger partial charge in [0, 0.05) is 19.2 Å². The monoisotopic (exact) mass is 368 g/mol. The molecule has 24 heavy (non-hydrogen) atoms. The van der Waals surface area contributed by atoms with Crippen LogP contribution >= 0.6 is 12.4 Å². The standard InChI is InChI=1S/C15H19F3N2O3.ClH/c1-22-14(6-8-19-9-7-14)13(21)20-10-11-4-2-3-5-12(11)23-15(16,17)18;/h2-5,19H,6-10H2,1H3,(H,20,21);1H. The number of para-hydroxylation sites is 1. The summed E-state index contributed by atoms with van der Waals surface area (Å²) in [5.74, 6) is -0.652. The van der Waals surface area contributed by atoms with E-state index in [1.165, 1.54) is 25.3 Å². The van der Waals surface area contributed by atoms with Gasteiger partial charge >= 0.3 is 6.36 Å². The third-order valence-electron chi connectivity index (χ3n) is 3.85. The van der Waals surface area contributed by atoms with E-state index in [0.717, 1.165) is 0 Å². The van der Waals surface area contributed by atoms with E-state index in [4.69, 9.17) is 4.74 Å². The summed E-state index contributed by atoms with van der Waals surface area (Å²) < 4.78 is 46.5. The molecule has 1 aliphatic rings. The van der Waals surface area contributed by atoms with Gasteiger partial charge in [0.1, 0.15) is 11.4 Å². The summed E-state index contributed by atoms with van der Waals surface area (Å²) in [5.41, 5.74) is -0.691. The summed E-state index contributed by atoms with van der Waals surface area (Å²) in [6.07, 6.45) is -3.75. The lowest BCUT2D eigenvalue weighted by molar-refractivity contribution is -0.274. The predicted octanol–water partition coefficient (Wildman–Crippen LogP) is 2.39. The van der Waals surface area contributed by atoms with Gasteiger partial charge in [0.25, 0.3) is 5.91 Å². The second kappa shape index (κ2) is 8.55. The Hall–Kier alpha value is -1.51. The Labute approximate surface area is 144 Å². The van der Waals surface area contributed by atoms with E-state index < -0.39 is 12.0 Å². The minimum atomic E-state index is -4.77. The zero-order valence-electron chi connectivity index (χ0n) is 13.1. The molecule has 2 rings (SSSR count). The average Bonchev–Trinajstić information content (AvgIpc) is 2.53. The maximum absolute atomic E-state index is 12.4. The highest BCUT2D eigenvalue weighted by Gasteiger charge is 2.39. The molecule has 0 unspecified atom stereocenters. The number of hydrogen-bond acceptors (Lipinski definition) is 4. The van der Waals surface area contributed by atoms with Crippen LogP contribution in [-0.4, -0.2) is 38.1 Å². The number of methoxy groups -OCH3 is 1. The molecule has 1 aromatic carbocycles. The minimum absolute atomic E-state index is 0. The predicted molar refractivity (Wildman–Crippen MR) is 84.1 cm³/mol. The van der Waals surface area contributed by atoms with Crippen LogP contribution in [0.2, 0.25) is 0 Å². The number of carbonyl (C=O) groups excluding carboxylic acids is 1. The van der Waals surface area contributed by atoms with E-state index >= 15 is 0 Å². The zero-order valence-corrected chi connectivity index (χ0v) is 13.9. The lowest BCUT2D eigenvalue weighted by atomic mass is 9.91. The molecule has 1 aromatic rings. The molecule has 5 nitrogen and oxygen atoms in total. The number of amides is 1. The fourth-order valence-corrected chi connectivity index (χ4v) is 2.57. The maximum atomic E-state index is 12.4. The number of piperidine rings is 1. The van der Waals surface area contributed by atoms with E-state index in [0.29, 0.717) is 25.9 Å². The molecule has 0 aliphatic carbocycles. The van der Waals surface area contributed by atoms with E-state index in [-0.39, 0.29) is 36.2 Å². The first kappa shape index (κ1) is 20.5. The number of alkyl halides is 3. The highest BCUT2D eigenvalue weighted by Crippen LogP contribution is 2.27. The summed E-state index contributed by atoms with van der Waals surface area (Å²) in [6.45, 7) is 1.23. The first-order chi connectivity index (χ1) is 10.9. The first-order valence-electron chi connectivity index (χ1n) is 7.24. The Morgan fingerprint density at radius 1 is 1.29 bits per heavy atom. The van der Waals surface area contributed by atoms with Gasteiger partial charge in [0.2, 0.25) is 0 Å². The van der Waals surface area contributed by atoms with Crippen LogP contribution in [0.3, 0.4) is 0 Å². The van der Waals surface area contributed by atoms with Crippen LogP contribution in [0.4, 0.5) is 13.2 Å². The fourth-order valence-electron chi connectivity index (χ4n) is 2.57. The number of ether oxygens (including phenoxy) is 2. The number of hydrogen-bond donors (Lipinski definition) is 2. The summed E-state index contributed by atoms with van der Waals surface area (Å²) in [7, 11) is 1.46. The van der Waals surface area contributed by atoms with Crippen molar-refractivity contribution in [2.75, 3.05) is 20.2 Å². The SMILES string of the molecule is COC1(C(=O)NCc2ccccc2OC(F)(F)F)CCNCC1.Cl. The minimum Gasteiger partial charge on any atom is -0.405 e. The largest absolute Gasteiger partial charge is 0.573 e. The molecule has 1 amide bonds. The van der Waals surface area contributed by atoms with Crippen molar-refractivity contribution in [2.45, 2.75) is 31.3 Å². The van der Waals surface area contributed by atoms with Crippen molar-refractivity contribution in [3.8, 4) is 5.75 Å². The maximum Gasteiger partial charge on any atom is 0.573 e. The van der Waals surface area contributed by atoms with Crippen molar-refractivity contribution >= 4 is 18.3 Å². The molecule has 136 valence electrons. The number of nitrogens with one attached hydrogen (secondary N) is 2. The summed E-state index contributed by atoms with van der Waals surface area (Å²) in [4.78, 5) is 12.4. The van der Waals surface area contributed by atoms with Crippen molar-refractivity contribution in [3.63, 3.8) is 0 Å². The molecule has 1 saturated heterocycles. The molecule has 0 radical (unpaired) electrons. The van der Waals surface area contributed by atoms with Crippen LogP contribution in [0, 0.1) is 0 Å². The van der Waals surface area contributed by atoms with Crippen molar-refractivity contribution in [1.82, 2.24) is 10.6 Å². The van der Waals surface area contributed by atoms with E-state index in [1.54, 1.807) is 6.07 Å². The number of carbonyl (C=O) groups is 1. The van der Waals surface area contributed by atoms with Gasteiger partial charge in [-0.15, -0.1) is 25.6 Å². The van der Waals surface area contributed by atoms with Gasteiger partial charge in [-0.05, 0) is 32.0 Å². The van der Waals surface area contributed by atoms with Gasteiger partial charge in [-0.2, -0.15) is 0 Å². The fraction of sp³-hybridized carbons (Fsp3) is 0.533. The lowest BCUT2D eigenvalue weighted by Gasteiger charge is -2.34. The normalized spacial score (nSPS) is 16.8. The van der Waals surface area contributed by atoms with Crippen molar-refractivity contribution in [3.05, 3.63) is 29.8 Å². The van der Waals surface area contributed by atoms with Crippen LogP contribution in [0.5, 0.6) is 5.75 Å². The van der Waals surface area contributed by atoms with Gasteiger partial charge in [-0.3, -0.25) is 4.79 Å². The molecule has 1 fully saturated rings. The number of rotatable bonds is 5. The van der Waals surface area contributed by atoms with E-state index in [2.05, 4.69) is 15.4 Å². The second-order valence-corrected chi connectivity index (χ2v) is 5.29. The van der Waals surface area contributed by atoms with Crippen LogP contribution in [0.15, 0.2) is 24.3 Å². The van der Waals surface area contributed by atoms with Crippen LogP contribution < -0.4 is 15.4 Å². The summed E-state index contributed by atoms with van der Waals surface area (Å²) in [6, 6.07) is 5.71. The first-order valence-corrected chi connectivity index (χ1v) is 7.24. The van der Waals surface area contributed by atoms with E-state index in [1.807, 2.05) is 0 Å². The molecule has 1 heterocycles. The average molecular weight is 369 g/mol. The Kier molecular flexibility index (Phi) is 7.31. The molecule has 0 spiro atoms. The Morgan fingerprint density at radius 3 is 2.50 bits per heavy atom. The summed E-state index contributed by atoms with van der Waals surface area (Å²) >= 11 is 0. The Bertz CT molecular complexity index is 549. The van der Waals surface area contributed by atoms with E-state index in [9.17, 15) is 18.0 Å². The van der Waals surface area contributed by atoms with Gasteiger partial charge in [-0.25, -0.2) is 0 Å². The topological polar surface area (TPSA) is 59.6 Å². The molecule has 9 heteroatoms. The summed E-state index contributed by atoms with van der Waals surface area (Å²) in [5, 5.41) is 5.78. The molecule has 0 bridgehead atoms. The number of halogens is 4. The molecular formula is C15H20ClF3N2O3. The second-order valence-electron chi connectivity index (χ2n) is 5.29. The lowest BCUT2D eigenvalue weighted by Crippen LogP contribution is -2.53. The van der Waals surface area contributed by atoms with Gasteiger partial charge in [0.05, 0.1) is 0 Å². The van der Waals surface area contributed by atoms with Gasteiger partial charge < -0.3 is 20.1 Å². The highest BCUT2D eigenvalue weighted by atomic mass is 35.5. The van der Waals surface area contributed by atoms with Gasteiger partial charge in [-0.1, -0.05) is 18.2 Å². The molecular weight excluding hydrogens is 349 g/mol. The zero-order chi connectivity index (χ0) is 16.9. The molecule has 0 aromatic heterocycles. The Morgan fingerprint density at radius 2 is 1.92 bits per heavy atom. The van der Waals surface area contributed by atoms with Gasteiger partial charge in [0.15, 0.2) is 0 Å². The molecule has 1 aliphatic heterocycles. The third-order valence-corrected chi connectivity index (χ3v) is 3.85. The van der Waals surface area contributed by atoms with Crippen molar-refractivity contribution in [2.24, 2.45) is 0 Å². The molecule has 2 N–H and O–H groups in total. The third kappa shape index (κ3) is 5.25. The number of benzene rings is 1. The van der Waals surface area contributed by atoms with Crippen molar-refractivity contribution in [1.29, 1.82) is 0 Å². The van der Waals surface area contributed by atoms with Crippen LogP contribution in [0.25, 0.3) is 0 Å². The Balaban J connectivity index is 0.00000288. The highest BCUT2D eigenvalue weighted by molar-refractivity contribution is 5.85. The smallest absolute Gasteiger partial charge is 0.405 e. The van der Waals surface area contributed by atoms with Crippen LogP contribution in [0.1, 0.15) is 18.4 Å². The molecule has 0 atom stereocenters. The van der Waals surface area contributed by atoms with Crippen molar-refractivity contribution < 1.29 is 27.4 Å². The quantitative estimate of drug-likeness (QED) is 0.838.